The Kier molecular flexibility index (Phi) is 4.07. The van der Waals surface area contributed by atoms with Crippen LogP contribution in [-0.4, -0.2) is 23.3 Å². The number of rotatable bonds is 5. The first-order chi connectivity index (χ1) is 9.99. The number of ketones is 1. The first-order valence-electron chi connectivity index (χ1n) is 5.68. The minimum atomic E-state index is -1.05. The standard InChI is InChI=1S/C13H8FNO6/c14-9-4-2-1-3-8(9)10(16)7-20-13(17)11-5-6-12(21-11)15(18)19/h1-6H,7H2. The second-order valence-corrected chi connectivity index (χ2v) is 3.87. The number of benzene rings is 1. The van der Waals surface area contributed by atoms with Crippen LogP contribution in [0.3, 0.4) is 0 Å². The maximum Gasteiger partial charge on any atom is 0.433 e. The highest BCUT2D eigenvalue weighted by molar-refractivity contribution is 5.99. The van der Waals surface area contributed by atoms with Crippen molar-refractivity contribution in [2.45, 2.75) is 0 Å². The molecule has 0 N–H and O–H groups in total. The van der Waals surface area contributed by atoms with E-state index >= 15 is 0 Å². The molecule has 1 aromatic carbocycles. The number of furan rings is 1. The molecule has 2 rings (SSSR count). The van der Waals surface area contributed by atoms with E-state index in [1.807, 2.05) is 0 Å². The van der Waals surface area contributed by atoms with Crippen molar-refractivity contribution in [3.8, 4) is 0 Å². The van der Waals surface area contributed by atoms with Crippen LogP contribution in [-0.2, 0) is 4.74 Å². The molecule has 21 heavy (non-hydrogen) atoms. The van der Waals surface area contributed by atoms with Crippen molar-refractivity contribution in [1.29, 1.82) is 0 Å². The molecule has 7 nitrogen and oxygen atoms in total. The summed E-state index contributed by atoms with van der Waals surface area (Å²) in [4.78, 5) is 32.7. The first kappa shape index (κ1) is 14.4. The lowest BCUT2D eigenvalue weighted by Gasteiger charge is -2.03. The van der Waals surface area contributed by atoms with Gasteiger partial charge in [0.15, 0.2) is 6.61 Å². The van der Waals surface area contributed by atoms with Gasteiger partial charge in [0.25, 0.3) is 0 Å². The Bertz CT molecular complexity index is 708. The number of Topliss-reactive ketones (excluding diaryl/α,β-unsaturated/α-hetero) is 1. The van der Waals surface area contributed by atoms with Gasteiger partial charge >= 0.3 is 11.9 Å². The average Bonchev–Trinajstić information content (AvgIpc) is 2.95. The van der Waals surface area contributed by atoms with Crippen LogP contribution in [0.1, 0.15) is 20.9 Å². The third kappa shape index (κ3) is 3.30. The van der Waals surface area contributed by atoms with Crippen LogP contribution < -0.4 is 0 Å². The van der Waals surface area contributed by atoms with Gasteiger partial charge in [0.2, 0.25) is 11.5 Å². The van der Waals surface area contributed by atoms with E-state index in [0.29, 0.717) is 0 Å². The highest BCUT2D eigenvalue weighted by Gasteiger charge is 2.20. The summed E-state index contributed by atoms with van der Waals surface area (Å²) in [6.07, 6.45) is 0. The maximum atomic E-state index is 13.3. The summed E-state index contributed by atoms with van der Waals surface area (Å²) in [5.74, 6) is -3.55. The fourth-order valence-electron chi connectivity index (χ4n) is 1.50. The van der Waals surface area contributed by atoms with Crippen LogP contribution in [0.4, 0.5) is 10.3 Å². The van der Waals surface area contributed by atoms with Gasteiger partial charge in [-0.2, -0.15) is 0 Å². The van der Waals surface area contributed by atoms with E-state index < -0.39 is 40.7 Å². The lowest BCUT2D eigenvalue weighted by atomic mass is 10.1. The van der Waals surface area contributed by atoms with E-state index in [9.17, 15) is 24.1 Å². The third-order valence-electron chi connectivity index (χ3n) is 2.48. The van der Waals surface area contributed by atoms with E-state index in [-0.39, 0.29) is 5.56 Å². The summed E-state index contributed by atoms with van der Waals surface area (Å²) >= 11 is 0. The van der Waals surface area contributed by atoms with Gasteiger partial charge in [0.1, 0.15) is 10.7 Å². The largest absolute Gasteiger partial charge is 0.451 e. The summed E-state index contributed by atoms with van der Waals surface area (Å²) in [5.41, 5.74) is -0.212. The molecule has 8 heteroatoms. The molecule has 0 saturated carbocycles. The molecular weight excluding hydrogens is 285 g/mol. The number of halogens is 1. The average molecular weight is 293 g/mol. The lowest BCUT2D eigenvalue weighted by molar-refractivity contribution is -0.402. The Hall–Kier alpha value is -3.03. The van der Waals surface area contributed by atoms with Gasteiger partial charge in [0.05, 0.1) is 11.6 Å². The van der Waals surface area contributed by atoms with Gasteiger partial charge in [-0.05, 0) is 18.2 Å². The van der Waals surface area contributed by atoms with Gasteiger partial charge in [-0.25, -0.2) is 9.18 Å². The topological polar surface area (TPSA) is 99.7 Å². The zero-order valence-electron chi connectivity index (χ0n) is 10.4. The van der Waals surface area contributed by atoms with Gasteiger partial charge in [-0.15, -0.1) is 0 Å². The van der Waals surface area contributed by atoms with Crippen molar-refractivity contribution in [1.82, 2.24) is 0 Å². The number of esters is 1. The number of hydrogen-bond acceptors (Lipinski definition) is 6. The van der Waals surface area contributed by atoms with E-state index in [2.05, 4.69) is 9.15 Å². The number of hydrogen-bond donors (Lipinski definition) is 0. The maximum absolute atomic E-state index is 13.3. The van der Waals surface area contributed by atoms with Crippen molar-refractivity contribution in [3.05, 3.63) is 63.7 Å². The minimum absolute atomic E-state index is 0.212. The van der Waals surface area contributed by atoms with Crippen LogP contribution in [0.25, 0.3) is 0 Å². The van der Waals surface area contributed by atoms with Gasteiger partial charge in [-0.1, -0.05) is 12.1 Å². The number of carbonyl (C=O) groups excluding carboxylic acids is 2. The van der Waals surface area contributed by atoms with E-state index in [1.54, 1.807) is 0 Å². The van der Waals surface area contributed by atoms with Gasteiger partial charge in [0, 0.05) is 0 Å². The highest BCUT2D eigenvalue weighted by atomic mass is 19.1. The van der Waals surface area contributed by atoms with Crippen molar-refractivity contribution in [2.24, 2.45) is 0 Å². The van der Waals surface area contributed by atoms with Crippen LogP contribution in [0.2, 0.25) is 0 Å². The third-order valence-corrected chi connectivity index (χ3v) is 2.48. The molecule has 0 aliphatic rings. The predicted octanol–water partition coefficient (Wildman–Crippen LogP) is 2.37. The molecule has 1 heterocycles. The highest BCUT2D eigenvalue weighted by Crippen LogP contribution is 2.16. The molecule has 0 aliphatic carbocycles. The fraction of sp³-hybridized carbons (Fsp3) is 0.0769. The monoisotopic (exact) mass is 293 g/mol. The van der Waals surface area contributed by atoms with Crippen molar-refractivity contribution >= 4 is 17.6 Å². The molecular formula is C13H8FNO6. The number of ether oxygens (including phenoxy) is 1. The zero-order valence-corrected chi connectivity index (χ0v) is 10.4. The summed E-state index contributed by atoms with van der Waals surface area (Å²) < 4.78 is 22.6. The molecule has 2 aromatic rings. The van der Waals surface area contributed by atoms with Crippen molar-refractivity contribution < 1.29 is 28.1 Å². The normalized spacial score (nSPS) is 10.1. The van der Waals surface area contributed by atoms with Crippen molar-refractivity contribution in [2.75, 3.05) is 6.61 Å². The summed E-state index contributed by atoms with van der Waals surface area (Å²) in [6.45, 7) is -0.700. The Morgan fingerprint density at radius 1 is 1.24 bits per heavy atom. The fourth-order valence-corrected chi connectivity index (χ4v) is 1.50. The quantitative estimate of drug-likeness (QED) is 0.363. The first-order valence-corrected chi connectivity index (χ1v) is 5.68. The van der Waals surface area contributed by atoms with Crippen LogP contribution in [0, 0.1) is 15.9 Å². The molecule has 0 spiro atoms. The Balaban J connectivity index is 1.99. The molecule has 1 aromatic heterocycles. The Morgan fingerprint density at radius 2 is 1.95 bits per heavy atom. The van der Waals surface area contributed by atoms with Gasteiger partial charge in [-0.3, -0.25) is 14.9 Å². The Labute approximate surface area is 117 Å². The summed E-state index contributed by atoms with van der Waals surface area (Å²) in [5, 5.41) is 10.4. The van der Waals surface area contributed by atoms with Crippen LogP contribution >= 0.6 is 0 Å². The molecule has 0 amide bonds. The van der Waals surface area contributed by atoms with Crippen molar-refractivity contribution in [3.63, 3.8) is 0 Å². The number of nitro groups is 1. The molecule has 0 unspecified atom stereocenters. The van der Waals surface area contributed by atoms with Crippen LogP contribution in [0.15, 0.2) is 40.8 Å². The molecule has 0 atom stereocenters. The molecule has 108 valence electrons. The molecule has 0 saturated heterocycles. The second kappa shape index (κ2) is 5.95. The minimum Gasteiger partial charge on any atom is -0.451 e. The summed E-state index contributed by atoms with van der Waals surface area (Å²) in [6, 6.07) is 7.27. The lowest BCUT2D eigenvalue weighted by Crippen LogP contribution is -2.15. The molecule has 0 bridgehead atoms. The van der Waals surface area contributed by atoms with E-state index in [4.69, 9.17) is 0 Å². The molecule has 0 fully saturated rings. The van der Waals surface area contributed by atoms with Gasteiger partial charge < -0.3 is 9.15 Å². The predicted molar refractivity (Wildman–Crippen MR) is 66.4 cm³/mol. The zero-order chi connectivity index (χ0) is 15.4. The molecule has 0 radical (unpaired) electrons. The summed E-state index contributed by atoms with van der Waals surface area (Å²) in [7, 11) is 0. The van der Waals surface area contributed by atoms with E-state index in [0.717, 1.165) is 18.2 Å². The Morgan fingerprint density at radius 3 is 2.57 bits per heavy atom. The SMILES string of the molecule is O=C(OCC(=O)c1ccccc1F)c1ccc([N+](=O)[O-])o1. The smallest absolute Gasteiger partial charge is 0.433 e. The van der Waals surface area contributed by atoms with E-state index in [1.165, 1.54) is 18.2 Å². The second-order valence-electron chi connectivity index (χ2n) is 3.87. The number of carbonyl (C=O) groups is 2. The number of nitrogens with zero attached hydrogens (tertiary/aromatic N) is 1. The molecule has 0 aliphatic heterocycles. The van der Waals surface area contributed by atoms with Crippen LogP contribution in [0.5, 0.6) is 0 Å².